The molecule has 3 atom stereocenters. The van der Waals surface area contributed by atoms with Crippen LogP contribution in [0, 0.1) is 23.5 Å². The third kappa shape index (κ3) is 5.84. The number of carbonyl (C=O) groups excluding carboxylic acids is 3. The maximum absolute atomic E-state index is 14.4. The number of amides is 3. The quantitative estimate of drug-likeness (QED) is 0.540. The van der Waals surface area contributed by atoms with Crippen molar-refractivity contribution in [3.63, 3.8) is 0 Å². The van der Waals surface area contributed by atoms with Crippen molar-refractivity contribution in [2.45, 2.75) is 70.9 Å². The van der Waals surface area contributed by atoms with Crippen molar-refractivity contribution in [3.8, 4) is 0 Å². The lowest BCUT2D eigenvalue weighted by Crippen LogP contribution is -2.57. The molecule has 0 radical (unpaired) electrons. The monoisotopic (exact) mass is 511 g/mol. The Bertz CT molecular complexity index is 1130. The summed E-state index contributed by atoms with van der Waals surface area (Å²) in [5.41, 5.74) is 0.974. The summed E-state index contributed by atoms with van der Waals surface area (Å²) in [7, 11) is 0. The number of para-hydroxylation sites is 1. The smallest absolute Gasteiger partial charge is 0.251 e. The molecule has 0 bridgehead atoms. The van der Waals surface area contributed by atoms with Gasteiger partial charge in [-0.15, -0.1) is 0 Å². The number of carbonyl (C=O) groups is 3. The summed E-state index contributed by atoms with van der Waals surface area (Å²) in [5.74, 6) is -3.26. The Morgan fingerprint density at radius 2 is 1.68 bits per heavy atom. The highest BCUT2D eigenvalue weighted by molar-refractivity contribution is 6.00. The fourth-order valence-electron chi connectivity index (χ4n) is 5.40. The molecule has 0 saturated heterocycles. The number of hydrogen-bond acceptors (Lipinski definition) is 3. The van der Waals surface area contributed by atoms with E-state index in [0.29, 0.717) is 18.4 Å². The van der Waals surface area contributed by atoms with Gasteiger partial charge in [0.1, 0.15) is 29.4 Å². The second-order valence-electron chi connectivity index (χ2n) is 10.2. The van der Waals surface area contributed by atoms with Gasteiger partial charge in [-0.05, 0) is 54.9 Å². The second-order valence-corrected chi connectivity index (χ2v) is 10.2. The number of anilines is 1. The van der Waals surface area contributed by atoms with Gasteiger partial charge in [0.2, 0.25) is 11.8 Å². The van der Waals surface area contributed by atoms with E-state index in [-0.39, 0.29) is 30.2 Å². The van der Waals surface area contributed by atoms with Crippen molar-refractivity contribution in [2.24, 2.45) is 11.8 Å². The van der Waals surface area contributed by atoms with Crippen LogP contribution in [-0.2, 0) is 20.8 Å². The lowest BCUT2D eigenvalue weighted by Gasteiger charge is -2.40. The molecule has 6 nitrogen and oxygen atoms in total. The highest BCUT2D eigenvalue weighted by atomic mass is 19.1. The Hall–Kier alpha value is -3.29. The fourth-order valence-corrected chi connectivity index (χ4v) is 5.40. The Morgan fingerprint density at radius 3 is 2.35 bits per heavy atom. The molecule has 2 aromatic rings. The first-order valence-corrected chi connectivity index (χ1v) is 13.2. The molecule has 2 N–H and O–H groups in total. The minimum atomic E-state index is -1.08. The molecule has 1 fully saturated rings. The average molecular weight is 512 g/mol. The van der Waals surface area contributed by atoms with Crippen LogP contribution in [-0.4, -0.2) is 35.2 Å². The predicted molar refractivity (Wildman–Crippen MR) is 138 cm³/mol. The standard InChI is InChI=1S/C29H35F2N3O3/c1-3-18(2)27(35)32-24(20-11-5-4-6-12-20)29(37)34-17-16-19-10-7-8-13-21(19)26(34)28(36)33-25-22(30)14-9-15-23(25)31/h7-10,13-15,18,20,24,26H,3-6,11-12,16-17H2,1-2H3,(H,32,35)(H,33,36)/t18-,24+,26+/m1/s1. The van der Waals surface area contributed by atoms with E-state index >= 15 is 0 Å². The number of rotatable bonds is 7. The maximum atomic E-state index is 14.4. The molecule has 1 saturated carbocycles. The summed E-state index contributed by atoms with van der Waals surface area (Å²) in [6.07, 6.45) is 5.87. The van der Waals surface area contributed by atoms with Gasteiger partial charge < -0.3 is 15.5 Å². The van der Waals surface area contributed by atoms with Gasteiger partial charge >= 0.3 is 0 Å². The third-order valence-corrected chi connectivity index (χ3v) is 7.77. The lowest BCUT2D eigenvalue weighted by atomic mass is 9.82. The van der Waals surface area contributed by atoms with Gasteiger partial charge in [0.05, 0.1) is 0 Å². The molecule has 1 aliphatic heterocycles. The maximum Gasteiger partial charge on any atom is 0.251 e. The molecule has 0 unspecified atom stereocenters. The fraction of sp³-hybridized carbons (Fsp3) is 0.483. The largest absolute Gasteiger partial charge is 0.344 e. The van der Waals surface area contributed by atoms with E-state index < -0.39 is 35.3 Å². The molecule has 2 aromatic carbocycles. The molecule has 1 aliphatic carbocycles. The summed E-state index contributed by atoms with van der Waals surface area (Å²) >= 11 is 0. The summed E-state index contributed by atoms with van der Waals surface area (Å²) in [5, 5.41) is 5.39. The van der Waals surface area contributed by atoms with Crippen LogP contribution in [0.5, 0.6) is 0 Å². The molecule has 0 aromatic heterocycles. The van der Waals surface area contributed by atoms with Crippen molar-refractivity contribution in [1.29, 1.82) is 0 Å². The van der Waals surface area contributed by atoms with Gasteiger partial charge in [0.15, 0.2) is 0 Å². The number of halogens is 2. The van der Waals surface area contributed by atoms with Gasteiger partial charge in [-0.2, -0.15) is 0 Å². The minimum absolute atomic E-state index is 0.0286. The third-order valence-electron chi connectivity index (χ3n) is 7.77. The normalized spacial score (nSPS) is 19.5. The minimum Gasteiger partial charge on any atom is -0.344 e. The van der Waals surface area contributed by atoms with Gasteiger partial charge in [0.25, 0.3) is 5.91 Å². The van der Waals surface area contributed by atoms with E-state index in [1.54, 1.807) is 12.1 Å². The molecule has 198 valence electrons. The molecular formula is C29H35F2N3O3. The van der Waals surface area contributed by atoms with Gasteiger partial charge in [-0.3, -0.25) is 14.4 Å². The molecular weight excluding hydrogens is 476 g/mol. The first kappa shape index (κ1) is 26.8. The first-order valence-electron chi connectivity index (χ1n) is 13.2. The molecule has 4 rings (SSSR count). The molecule has 8 heteroatoms. The van der Waals surface area contributed by atoms with Crippen LogP contribution in [0.2, 0.25) is 0 Å². The molecule has 1 heterocycles. The number of nitrogens with zero attached hydrogens (tertiary/aromatic N) is 1. The Kier molecular flexibility index (Phi) is 8.56. The summed E-state index contributed by atoms with van der Waals surface area (Å²) < 4.78 is 28.7. The zero-order chi connectivity index (χ0) is 26.5. The van der Waals surface area contributed by atoms with Crippen molar-refractivity contribution >= 4 is 23.4 Å². The van der Waals surface area contributed by atoms with Crippen LogP contribution in [0.3, 0.4) is 0 Å². The van der Waals surface area contributed by atoms with E-state index in [2.05, 4.69) is 10.6 Å². The van der Waals surface area contributed by atoms with Crippen LogP contribution < -0.4 is 10.6 Å². The summed E-state index contributed by atoms with van der Waals surface area (Å²) in [6.45, 7) is 4.01. The summed E-state index contributed by atoms with van der Waals surface area (Å²) in [6, 6.07) is 8.82. The Morgan fingerprint density at radius 1 is 1.00 bits per heavy atom. The molecule has 0 spiro atoms. The SMILES string of the molecule is CC[C@@H](C)C(=O)N[C@H](C(=O)N1CCc2ccccc2[C@H]1C(=O)Nc1c(F)cccc1F)C1CCCCC1. The molecule has 3 amide bonds. The van der Waals surface area contributed by atoms with E-state index in [4.69, 9.17) is 0 Å². The first-order chi connectivity index (χ1) is 17.8. The van der Waals surface area contributed by atoms with Crippen molar-refractivity contribution in [3.05, 3.63) is 65.2 Å². The number of fused-ring (bicyclic) bond motifs is 1. The summed E-state index contributed by atoms with van der Waals surface area (Å²) in [4.78, 5) is 42.1. The van der Waals surface area contributed by atoms with Crippen LogP contribution in [0.25, 0.3) is 0 Å². The van der Waals surface area contributed by atoms with Crippen molar-refractivity contribution < 1.29 is 23.2 Å². The zero-order valence-electron chi connectivity index (χ0n) is 21.4. The van der Waals surface area contributed by atoms with Gasteiger partial charge in [-0.1, -0.05) is 63.4 Å². The highest BCUT2D eigenvalue weighted by Crippen LogP contribution is 2.35. The van der Waals surface area contributed by atoms with Gasteiger partial charge in [-0.25, -0.2) is 8.78 Å². The van der Waals surface area contributed by atoms with E-state index in [9.17, 15) is 23.2 Å². The number of hydrogen-bond donors (Lipinski definition) is 2. The topological polar surface area (TPSA) is 78.5 Å². The second kappa shape index (κ2) is 11.8. The van der Waals surface area contributed by atoms with Crippen molar-refractivity contribution in [2.75, 3.05) is 11.9 Å². The Balaban J connectivity index is 1.68. The van der Waals surface area contributed by atoms with Crippen LogP contribution >= 0.6 is 0 Å². The number of nitrogens with one attached hydrogen (secondary N) is 2. The lowest BCUT2D eigenvalue weighted by molar-refractivity contribution is -0.144. The molecule has 2 aliphatic rings. The average Bonchev–Trinajstić information content (AvgIpc) is 2.92. The Labute approximate surface area is 216 Å². The van der Waals surface area contributed by atoms with E-state index in [0.717, 1.165) is 49.8 Å². The van der Waals surface area contributed by atoms with E-state index in [1.807, 2.05) is 26.0 Å². The van der Waals surface area contributed by atoms with Crippen molar-refractivity contribution in [1.82, 2.24) is 10.2 Å². The van der Waals surface area contributed by atoms with Gasteiger partial charge in [0, 0.05) is 12.5 Å². The zero-order valence-corrected chi connectivity index (χ0v) is 21.4. The van der Waals surface area contributed by atoms with Crippen LogP contribution in [0.4, 0.5) is 14.5 Å². The molecule has 37 heavy (non-hydrogen) atoms. The predicted octanol–water partition coefficient (Wildman–Crippen LogP) is 5.14. The highest BCUT2D eigenvalue weighted by Gasteiger charge is 2.42. The van der Waals surface area contributed by atoms with Crippen LogP contribution in [0.1, 0.15) is 69.5 Å². The van der Waals surface area contributed by atoms with Crippen LogP contribution in [0.15, 0.2) is 42.5 Å². The number of benzene rings is 2. The van der Waals surface area contributed by atoms with E-state index in [1.165, 1.54) is 11.0 Å².